The zero-order valence-corrected chi connectivity index (χ0v) is 12.4. The van der Waals surface area contributed by atoms with Gasteiger partial charge in [0.25, 0.3) is 0 Å². The second-order valence-electron chi connectivity index (χ2n) is 5.63. The van der Waals surface area contributed by atoms with Crippen molar-refractivity contribution in [1.29, 1.82) is 0 Å². The summed E-state index contributed by atoms with van der Waals surface area (Å²) < 4.78 is 11.3. The maximum absolute atomic E-state index is 10.8. The number of rotatable bonds is 5. The number of benzene rings is 1. The Balaban J connectivity index is 1.60. The first-order valence-corrected chi connectivity index (χ1v) is 7.42. The number of nitrogens with zero attached hydrogens (tertiary/aromatic N) is 2. The summed E-state index contributed by atoms with van der Waals surface area (Å²) in [6, 6.07) is 9.50. The summed E-state index contributed by atoms with van der Waals surface area (Å²) in [6.45, 7) is 2.97. The first kappa shape index (κ1) is 15.0. The van der Waals surface area contributed by atoms with Crippen LogP contribution in [0.1, 0.15) is 5.82 Å². The van der Waals surface area contributed by atoms with Gasteiger partial charge in [-0.2, -0.15) is 0 Å². The number of imidazole rings is 1. The summed E-state index contributed by atoms with van der Waals surface area (Å²) in [4.78, 5) is 9.44. The highest BCUT2D eigenvalue weighted by molar-refractivity contribution is 5.21. The number of ether oxygens (including phenoxy) is 2. The van der Waals surface area contributed by atoms with Crippen molar-refractivity contribution in [2.75, 3.05) is 32.9 Å². The van der Waals surface area contributed by atoms with Gasteiger partial charge in [0.05, 0.1) is 19.8 Å². The van der Waals surface area contributed by atoms with Crippen molar-refractivity contribution in [2.45, 2.75) is 12.1 Å². The molecule has 6 heteroatoms. The lowest BCUT2D eigenvalue weighted by molar-refractivity contribution is -0.0648. The molecule has 1 saturated heterocycles. The van der Waals surface area contributed by atoms with E-state index in [1.165, 1.54) is 0 Å². The molecule has 3 rings (SSSR count). The Morgan fingerprint density at radius 3 is 3.00 bits per heavy atom. The van der Waals surface area contributed by atoms with Crippen LogP contribution in [-0.2, 0) is 11.3 Å². The molecule has 2 N–H and O–H groups in total. The predicted octanol–water partition coefficient (Wildman–Crippen LogP) is 1.05. The Morgan fingerprint density at radius 1 is 1.36 bits per heavy atom. The van der Waals surface area contributed by atoms with Gasteiger partial charge in [0, 0.05) is 25.5 Å². The van der Waals surface area contributed by atoms with Crippen LogP contribution in [0.3, 0.4) is 0 Å². The second kappa shape index (κ2) is 6.91. The minimum atomic E-state index is -1.03. The largest absolute Gasteiger partial charge is 0.490 e. The number of para-hydroxylation sites is 1. The lowest BCUT2D eigenvalue weighted by Gasteiger charge is -2.30. The van der Waals surface area contributed by atoms with Gasteiger partial charge in [0.15, 0.2) is 0 Å². The Bertz CT molecular complexity index is 561. The molecule has 0 amide bonds. The number of nitrogens with one attached hydrogen (secondary N) is 1. The molecule has 118 valence electrons. The molecule has 1 aliphatic rings. The molecule has 1 fully saturated rings. The molecule has 0 spiro atoms. The van der Waals surface area contributed by atoms with E-state index in [1.54, 1.807) is 12.4 Å². The van der Waals surface area contributed by atoms with Crippen LogP contribution in [-0.4, -0.2) is 58.5 Å². The van der Waals surface area contributed by atoms with Crippen LogP contribution >= 0.6 is 0 Å². The molecule has 1 unspecified atom stereocenters. The van der Waals surface area contributed by atoms with Crippen LogP contribution in [0, 0.1) is 0 Å². The van der Waals surface area contributed by atoms with E-state index in [9.17, 15) is 5.11 Å². The predicted molar refractivity (Wildman–Crippen MR) is 81.6 cm³/mol. The molecule has 2 aromatic rings. The summed E-state index contributed by atoms with van der Waals surface area (Å²) in [5.74, 6) is 1.63. The van der Waals surface area contributed by atoms with Gasteiger partial charge in [0.1, 0.15) is 23.8 Å². The molecule has 0 aliphatic carbocycles. The molecular weight excluding hydrogens is 282 g/mol. The van der Waals surface area contributed by atoms with E-state index in [4.69, 9.17) is 9.47 Å². The second-order valence-corrected chi connectivity index (χ2v) is 5.63. The lowest BCUT2D eigenvalue weighted by atomic mass is 10.1. The van der Waals surface area contributed by atoms with E-state index < -0.39 is 5.60 Å². The Labute approximate surface area is 129 Å². The van der Waals surface area contributed by atoms with Crippen LogP contribution in [0.2, 0.25) is 0 Å². The van der Waals surface area contributed by atoms with Crippen LogP contribution in [0.15, 0.2) is 42.7 Å². The zero-order valence-electron chi connectivity index (χ0n) is 12.4. The number of β-amino-alcohol motifs (C(OH)–C–C–N with tert-alkyl or cyclic N) is 1. The monoisotopic (exact) mass is 303 g/mol. The molecule has 0 saturated carbocycles. The first-order chi connectivity index (χ1) is 10.7. The normalized spacial score (nSPS) is 23.1. The number of hydrogen-bond acceptors (Lipinski definition) is 5. The summed E-state index contributed by atoms with van der Waals surface area (Å²) >= 11 is 0. The van der Waals surface area contributed by atoms with Gasteiger partial charge < -0.3 is 19.6 Å². The number of hydrogen-bond donors (Lipinski definition) is 2. The molecule has 0 radical (unpaired) electrons. The Hall–Kier alpha value is -1.89. The summed E-state index contributed by atoms with van der Waals surface area (Å²) in [7, 11) is 0. The fraction of sp³-hybridized carbons (Fsp3) is 0.438. The van der Waals surface area contributed by atoms with Gasteiger partial charge >= 0.3 is 0 Å². The highest BCUT2D eigenvalue weighted by Crippen LogP contribution is 2.17. The number of aromatic amines is 1. The van der Waals surface area contributed by atoms with E-state index in [1.807, 2.05) is 30.3 Å². The lowest BCUT2D eigenvalue weighted by Crippen LogP contribution is -2.48. The number of H-pyrrole nitrogens is 1. The van der Waals surface area contributed by atoms with Crippen molar-refractivity contribution in [3.63, 3.8) is 0 Å². The average Bonchev–Trinajstić information content (AvgIpc) is 2.96. The molecule has 1 atom stereocenters. The fourth-order valence-electron chi connectivity index (χ4n) is 2.55. The van der Waals surface area contributed by atoms with Crippen molar-refractivity contribution >= 4 is 0 Å². The van der Waals surface area contributed by atoms with E-state index in [0.29, 0.717) is 19.7 Å². The van der Waals surface area contributed by atoms with Gasteiger partial charge in [-0.3, -0.25) is 4.90 Å². The minimum absolute atomic E-state index is 0.200. The van der Waals surface area contributed by atoms with Crippen LogP contribution in [0.5, 0.6) is 5.75 Å². The first-order valence-electron chi connectivity index (χ1n) is 7.42. The maximum atomic E-state index is 10.8. The maximum Gasteiger partial charge on any atom is 0.134 e. The topological polar surface area (TPSA) is 70.6 Å². The highest BCUT2D eigenvalue weighted by atomic mass is 16.5. The zero-order chi connectivity index (χ0) is 15.3. The third-order valence-corrected chi connectivity index (χ3v) is 3.62. The third-order valence-electron chi connectivity index (χ3n) is 3.62. The van der Waals surface area contributed by atoms with Gasteiger partial charge in [-0.05, 0) is 12.1 Å². The smallest absolute Gasteiger partial charge is 0.134 e. The van der Waals surface area contributed by atoms with Crippen LogP contribution < -0.4 is 4.74 Å². The average molecular weight is 303 g/mol. The number of aliphatic hydroxyl groups is 1. The SMILES string of the molecule is OC1(COc2ccccc2)COCCN(Cc2ncc[nH]2)C1. The van der Waals surface area contributed by atoms with E-state index in [2.05, 4.69) is 14.9 Å². The quantitative estimate of drug-likeness (QED) is 0.864. The minimum Gasteiger partial charge on any atom is -0.490 e. The van der Waals surface area contributed by atoms with E-state index in [0.717, 1.165) is 18.1 Å². The molecule has 22 heavy (non-hydrogen) atoms. The Kier molecular flexibility index (Phi) is 4.72. The standard InChI is InChI=1S/C16H21N3O3/c20-16(13-22-14-4-2-1-3-5-14)11-19(8-9-21-12-16)10-15-17-6-7-18-15/h1-7,20H,8-13H2,(H,17,18). The van der Waals surface area contributed by atoms with Gasteiger partial charge in [-0.1, -0.05) is 18.2 Å². The summed E-state index contributed by atoms with van der Waals surface area (Å²) in [5, 5.41) is 10.8. The van der Waals surface area contributed by atoms with Crippen molar-refractivity contribution in [3.8, 4) is 5.75 Å². The summed E-state index contributed by atoms with van der Waals surface area (Å²) in [6.07, 6.45) is 3.53. The van der Waals surface area contributed by atoms with Crippen LogP contribution in [0.25, 0.3) is 0 Å². The van der Waals surface area contributed by atoms with Crippen LogP contribution in [0.4, 0.5) is 0 Å². The van der Waals surface area contributed by atoms with Crippen molar-refractivity contribution < 1.29 is 14.6 Å². The van der Waals surface area contributed by atoms with Crippen molar-refractivity contribution in [3.05, 3.63) is 48.5 Å². The van der Waals surface area contributed by atoms with Gasteiger partial charge in [-0.25, -0.2) is 4.98 Å². The van der Waals surface area contributed by atoms with Crippen molar-refractivity contribution in [2.24, 2.45) is 0 Å². The van der Waals surface area contributed by atoms with E-state index >= 15 is 0 Å². The molecule has 6 nitrogen and oxygen atoms in total. The number of aromatic nitrogens is 2. The van der Waals surface area contributed by atoms with Gasteiger partial charge in [0.2, 0.25) is 0 Å². The molecule has 1 aromatic carbocycles. The highest BCUT2D eigenvalue weighted by Gasteiger charge is 2.33. The summed E-state index contributed by atoms with van der Waals surface area (Å²) in [5.41, 5.74) is -1.03. The molecule has 1 aliphatic heterocycles. The fourth-order valence-corrected chi connectivity index (χ4v) is 2.55. The molecule has 0 bridgehead atoms. The molecule has 2 heterocycles. The van der Waals surface area contributed by atoms with Gasteiger partial charge in [-0.15, -0.1) is 0 Å². The Morgan fingerprint density at radius 2 is 2.23 bits per heavy atom. The molecule has 1 aromatic heterocycles. The van der Waals surface area contributed by atoms with Crippen molar-refractivity contribution in [1.82, 2.24) is 14.9 Å². The van der Waals surface area contributed by atoms with E-state index in [-0.39, 0.29) is 13.2 Å². The third kappa shape index (κ3) is 4.07. The molecular formula is C16H21N3O3.